The van der Waals surface area contributed by atoms with Crippen LogP contribution in [-0.4, -0.2) is 17.7 Å². The molecule has 2 aromatic carbocycles. The fourth-order valence-corrected chi connectivity index (χ4v) is 3.43. The van der Waals surface area contributed by atoms with Gasteiger partial charge in [-0.3, -0.25) is 4.79 Å². The van der Waals surface area contributed by atoms with E-state index in [4.69, 9.17) is 0 Å². The van der Waals surface area contributed by atoms with E-state index >= 15 is 0 Å². The molecule has 6 heteroatoms. The van der Waals surface area contributed by atoms with E-state index in [1.54, 1.807) is 24.3 Å². The van der Waals surface area contributed by atoms with E-state index < -0.39 is 12.0 Å². The van der Waals surface area contributed by atoms with E-state index in [9.17, 15) is 18.0 Å². The molecular formula is C14H10BrF3OS. The van der Waals surface area contributed by atoms with Gasteiger partial charge in [-0.2, -0.15) is 13.2 Å². The maximum Gasteiger partial charge on any atom is 0.454 e. The summed E-state index contributed by atoms with van der Waals surface area (Å²) in [7, 11) is 0. The second-order valence-corrected chi connectivity index (χ2v) is 6.17. The lowest BCUT2D eigenvalue weighted by atomic mass is 10.0. The molecule has 0 saturated carbocycles. The van der Waals surface area contributed by atoms with Crippen LogP contribution in [0, 0.1) is 0 Å². The molecule has 0 saturated heterocycles. The molecule has 0 aromatic heterocycles. The molecule has 20 heavy (non-hydrogen) atoms. The fraction of sp³-hybridized carbons (Fsp3) is 0.214. The van der Waals surface area contributed by atoms with Crippen LogP contribution in [0.2, 0.25) is 0 Å². The molecule has 1 nitrogen and oxygen atoms in total. The van der Waals surface area contributed by atoms with E-state index in [1.165, 1.54) is 17.8 Å². The largest absolute Gasteiger partial charge is 0.454 e. The molecule has 0 aliphatic rings. The van der Waals surface area contributed by atoms with E-state index in [0.29, 0.717) is 20.5 Å². The molecule has 2 rings (SSSR count). The summed E-state index contributed by atoms with van der Waals surface area (Å²) in [6, 6.07) is 8.34. The number of thioether (sulfide) groups is 1. The highest BCUT2D eigenvalue weighted by Crippen LogP contribution is 2.38. The zero-order valence-electron chi connectivity index (χ0n) is 10.4. The number of fused-ring (bicyclic) bond motifs is 1. The van der Waals surface area contributed by atoms with Gasteiger partial charge in [0.2, 0.25) is 0 Å². The zero-order chi connectivity index (χ0) is 14.9. The van der Waals surface area contributed by atoms with Gasteiger partial charge in [-0.15, -0.1) is 11.8 Å². The Bertz CT molecular complexity index is 667. The van der Waals surface area contributed by atoms with Crippen LogP contribution < -0.4 is 0 Å². The lowest BCUT2D eigenvalue weighted by molar-refractivity contribution is -0.0886. The minimum absolute atomic E-state index is 0.296. The summed E-state index contributed by atoms with van der Waals surface area (Å²) in [5.41, 5.74) is -0.296. The molecular weight excluding hydrogens is 353 g/mol. The van der Waals surface area contributed by atoms with Crippen molar-refractivity contribution in [3.05, 3.63) is 40.4 Å². The van der Waals surface area contributed by atoms with Crippen LogP contribution in [0.1, 0.15) is 17.3 Å². The average molecular weight is 363 g/mol. The predicted octanol–water partition coefficient (Wildman–Crippen LogP) is 5.46. The van der Waals surface area contributed by atoms with Crippen LogP contribution in [0.3, 0.4) is 0 Å². The highest BCUT2D eigenvalue weighted by Gasteiger charge is 2.40. The van der Waals surface area contributed by atoms with E-state index in [-0.39, 0.29) is 5.56 Å². The van der Waals surface area contributed by atoms with Crippen LogP contribution in [0.4, 0.5) is 13.2 Å². The Labute approximate surface area is 126 Å². The van der Waals surface area contributed by atoms with Gasteiger partial charge in [0, 0.05) is 14.9 Å². The third-order valence-corrected chi connectivity index (χ3v) is 4.41. The summed E-state index contributed by atoms with van der Waals surface area (Å²) in [6.45, 7) is 1.84. The molecule has 106 valence electrons. The van der Waals surface area contributed by atoms with Gasteiger partial charge in [0.05, 0.1) is 0 Å². The number of Topliss-reactive ketones (excluding diaryl/α,β-unsaturated/α-hetero) is 1. The first-order valence-corrected chi connectivity index (χ1v) is 7.59. The van der Waals surface area contributed by atoms with Gasteiger partial charge in [0.25, 0.3) is 5.78 Å². The Hall–Kier alpha value is -1.01. The van der Waals surface area contributed by atoms with Crippen molar-refractivity contribution >= 4 is 44.2 Å². The number of rotatable bonds is 3. The molecule has 0 aliphatic heterocycles. The van der Waals surface area contributed by atoms with E-state index in [1.807, 2.05) is 6.92 Å². The van der Waals surface area contributed by atoms with Crippen molar-refractivity contribution < 1.29 is 18.0 Å². The van der Waals surface area contributed by atoms with Crippen molar-refractivity contribution in [2.24, 2.45) is 0 Å². The van der Waals surface area contributed by atoms with Gasteiger partial charge in [-0.25, -0.2) is 0 Å². The molecule has 0 radical (unpaired) electrons. The third kappa shape index (κ3) is 2.86. The molecule has 0 aliphatic carbocycles. The molecule has 0 unspecified atom stereocenters. The number of hydrogen-bond donors (Lipinski definition) is 0. The van der Waals surface area contributed by atoms with E-state index in [0.717, 1.165) is 5.39 Å². The molecule has 0 atom stereocenters. The summed E-state index contributed by atoms with van der Waals surface area (Å²) in [4.78, 5) is 12.0. The summed E-state index contributed by atoms with van der Waals surface area (Å²) < 4.78 is 38.6. The maximum absolute atomic E-state index is 12.7. The molecule has 0 amide bonds. The first-order valence-electron chi connectivity index (χ1n) is 5.81. The number of carbonyl (C=O) groups is 1. The van der Waals surface area contributed by atoms with Gasteiger partial charge in [-0.1, -0.05) is 47.1 Å². The van der Waals surface area contributed by atoms with Crippen molar-refractivity contribution in [2.75, 3.05) is 5.75 Å². The first kappa shape index (κ1) is 15.4. The van der Waals surface area contributed by atoms with Gasteiger partial charge < -0.3 is 0 Å². The van der Waals surface area contributed by atoms with Crippen LogP contribution >= 0.6 is 27.7 Å². The Balaban J connectivity index is 2.77. The fourth-order valence-electron chi connectivity index (χ4n) is 1.93. The number of ketones is 1. The molecule has 0 spiro atoms. The highest BCUT2D eigenvalue weighted by atomic mass is 79.9. The predicted molar refractivity (Wildman–Crippen MR) is 78.4 cm³/mol. The molecule has 0 N–H and O–H groups in total. The topological polar surface area (TPSA) is 17.1 Å². The van der Waals surface area contributed by atoms with Gasteiger partial charge in [0.1, 0.15) is 0 Å². The van der Waals surface area contributed by atoms with Crippen molar-refractivity contribution in [3.63, 3.8) is 0 Å². The standard InChI is InChI=1S/C14H10BrF3OS/c1-2-20-12-9-6-4-3-5-8(9)11(15)7-10(12)13(19)14(16,17)18/h3-7H,2H2,1H3. The average Bonchev–Trinajstić information content (AvgIpc) is 2.40. The molecule has 0 fully saturated rings. The summed E-state index contributed by atoms with van der Waals surface area (Å²) in [6.07, 6.45) is -4.87. The quantitative estimate of drug-likeness (QED) is 0.532. The van der Waals surface area contributed by atoms with Crippen LogP contribution in [-0.2, 0) is 0 Å². The molecule has 2 aromatic rings. The Morgan fingerprint density at radius 3 is 2.40 bits per heavy atom. The maximum atomic E-state index is 12.7. The van der Waals surface area contributed by atoms with Crippen LogP contribution in [0.15, 0.2) is 39.7 Å². The second-order valence-electron chi connectivity index (χ2n) is 4.04. The van der Waals surface area contributed by atoms with Crippen molar-refractivity contribution in [2.45, 2.75) is 18.0 Å². The van der Waals surface area contributed by atoms with Crippen LogP contribution in [0.25, 0.3) is 10.8 Å². The Morgan fingerprint density at radius 1 is 1.25 bits per heavy atom. The summed E-state index contributed by atoms with van der Waals surface area (Å²) in [5, 5.41) is 1.45. The van der Waals surface area contributed by atoms with Crippen molar-refractivity contribution in [3.8, 4) is 0 Å². The van der Waals surface area contributed by atoms with Gasteiger partial charge in [0.15, 0.2) is 0 Å². The molecule has 0 bridgehead atoms. The van der Waals surface area contributed by atoms with Gasteiger partial charge in [-0.05, 0) is 22.6 Å². The minimum atomic E-state index is -4.87. The number of alkyl halides is 3. The Morgan fingerprint density at radius 2 is 1.85 bits per heavy atom. The van der Waals surface area contributed by atoms with E-state index in [2.05, 4.69) is 15.9 Å². The first-order chi connectivity index (χ1) is 9.36. The summed E-state index contributed by atoms with van der Waals surface area (Å²) >= 11 is 4.48. The number of halogens is 4. The minimum Gasteiger partial charge on any atom is -0.284 e. The number of carbonyl (C=O) groups excluding carboxylic acids is 1. The lowest BCUT2D eigenvalue weighted by Gasteiger charge is -2.14. The Kier molecular flexibility index (Phi) is 4.44. The lowest BCUT2D eigenvalue weighted by Crippen LogP contribution is -2.23. The van der Waals surface area contributed by atoms with Crippen molar-refractivity contribution in [1.82, 2.24) is 0 Å². The van der Waals surface area contributed by atoms with Crippen molar-refractivity contribution in [1.29, 1.82) is 0 Å². The molecule has 0 heterocycles. The summed E-state index contributed by atoms with van der Waals surface area (Å²) in [5.74, 6) is -1.22. The second kappa shape index (κ2) is 5.77. The highest BCUT2D eigenvalue weighted by molar-refractivity contribution is 9.10. The normalized spacial score (nSPS) is 11.8. The monoisotopic (exact) mass is 362 g/mol. The van der Waals surface area contributed by atoms with Gasteiger partial charge >= 0.3 is 6.18 Å². The number of hydrogen-bond acceptors (Lipinski definition) is 2. The van der Waals surface area contributed by atoms with Crippen LogP contribution in [0.5, 0.6) is 0 Å². The third-order valence-electron chi connectivity index (χ3n) is 2.74. The zero-order valence-corrected chi connectivity index (χ0v) is 12.8. The smallest absolute Gasteiger partial charge is 0.284 e. The number of benzene rings is 2. The SMILES string of the molecule is CCSc1c(C(=O)C(F)(F)F)cc(Br)c2ccccc12.